The van der Waals surface area contributed by atoms with Gasteiger partial charge in [-0.25, -0.2) is 0 Å². The fourth-order valence-corrected chi connectivity index (χ4v) is 2.31. The Morgan fingerprint density at radius 3 is 2.53 bits per heavy atom. The number of hydrogen-bond acceptors (Lipinski definition) is 2. The summed E-state index contributed by atoms with van der Waals surface area (Å²) in [6.07, 6.45) is 6.32. The lowest BCUT2D eigenvalue weighted by molar-refractivity contribution is -0.126. The molecule has 0 aliphatic heterocycles. The number of amides is 1. The predicted molar refractivity (Wildman–Crippen MR) is 60.7 cm³/mol. The normalized spacial score (nSPS) is 19.1. The first-order valence-electron chi connectivity index (χ1n) is 6.07. The molecule has 0 radical (unpaired) electrons. The van der Waals surface area contributed by atoms with Gasteiger partial charge in [0.15, 0.2) is 0 Å². The van der Waals surface area contributed by atoms with Gasteiger partial charge >= 0.3 is 0 Å². The zero-order chi connectivity index (χ0) is 11.1. The van der Waals surface area contributed by atoms with Crippen LogP contribution in [-0.4, -0.2) is 25.7 Å². The minimum Gasteiger partial charge on any atom is -0.372 e. The molecular formula is C12H23NO2. The molecule has 15 heavy (non-hydrogen) atoms. The molecule has 0 aromatic carbocycles. The van der Waals surface area contributed by atoms with Gasteiger partial charge in [-0.2, -0.15) is 0 Å². The van der Waals surface area contributed by atoms with E-state index in [1.807, 2.05) is 6.92 Å². The maximum Gasteiger partial charge on any atom is 0.246 e. The van der Waals surface area contributed by atoms with E-state index in [4.69, 9.17) is 4.74 Å². The van der Waals surface area contributed by atoms with Crippen molar-refractivity contribution < 1.29 is 9.53 Å². The third kappa shape index (κ3) is 3.82. The summed E-state index contributed by atoms with van der Waals surface area (Å²) in [5, 5.41) is 2.99. The highest BCUT2D eigenvalue weighted by Gasteiger charge is 2.31. The van der Waals surface area contributed by atoms with E-state index < -0.39 is 0 Å². The van der Waals surface area contributed by atoms with Crippen LogP contribution >= 0.6 is 0 Å². The smallest absolute Gasteiger partial charge is 0.246 e. The summed E-state index contributed by atoms with van der Waals surface area (Å²) in [5.41, 5.74) is 0.377. The molecule has 0 heterocycles. The fraction of sp³-hybridized carbons (Fsp3) is 0.917. The molecule has 3 heteroatoms. The molecule has 1 fully saturated rings. The minimum atomic E-state index is 0.0246. The lowest BCUT2D eigenvalue weighted by atomic mass is 9.83. The highest BCUT2D eigenvalue weighted by atomic mass is 16.5. The molecule has 1 N–H and O–H groups in total. The largest absolute Gasteiger partial charge is 0.372 e. The van der Waals surface area contributed by atoms with E-state index in [2.05, 4.69) is 12.2 Å². The van der Waals surface area contributed by atoms with E-state index in [0.29, 0.717) is 12.0 Å². The maximum atomic E-state index is 11.4. The summed E-state index contributed by atoms with van der Waals surface area (Å²) in [6, 6.07) is 0. The van der Waals surface area contributed by atoms with Gasteiger partial charge in [-0.3, -0.25) is 4.79 Å². The number of ether oxygens (including phenoxy) is 1. The van der Waals surface area contributed by atoms with Crippen molar-refractivity contribution in [2.45, 2.75) is 46.0 Å². The van der Waals surface area contributed by atoms with Gasteiger partial charge in [-0.15, -0.1) is 0 Å². The van der Waals surface area contributed by atoms with E-state index in [1.165, 1.54) is 32.1 Å². The SMILES string of the molecule is CCOCC(=O)NCC1(CC)CCCC1. The topological polar surface area (TPSA) is 38.3 Å². The van der Waals surface area contributed by atoms with Crippen LogP contribution in [0.4, 0.5) is 0 Å². The Balaban J connectivity index is 2.25. The van der Waals surface area contributed by atoms with Crippen molar-refractivity contribution in [2.24, 2.45) is 5.41 Å². The lowest BCUT2D eigenvalue weighted by Crippen LogP contribution is -2.37. The van der Waals surface area contributed by atoms with E-state index in [1.54, 1.807) is 0 Å². The second kappa shape index (κ2) is 6.11. The van der Waals surface area contributed by atoms with Crippen molar-refractivity contribution >= 4 is 5.91 Å². The van der Waals surface area contributed by atoms with Gasteiger partial charge in [0.2, 0.25) is 5.91 Å². The zero-order valence-corrected chi connectivity index (χ0v) is 9.97. The van der Waals surface area contributed by atoms with Crippen molar-refractivity contribution in [2.75, 3.05) is 19.8 Å². The number of carbonyl (C=O) groups excluding carboxylic acids is 1. The summed E-state index contributed by atoms with van der Waals surface area (Å²) in [7, 11) is 0. The molecule has 1 aliphatic carbocycles. The molecule has 0 saturated heterocycles. The molecule has 0 bridgehead atoms. The third-order valence-electron chi connectivity index (χ3n) is 3.51. The Bertz CT molecular complexity index is 198. The average Bonchev–Trinajstić information content (AvgIpc) is 2.73. The van der Waals surface area contributed by atoms with Crippen LogP contribution in [0.15, 0.2) is 0 Å². The van der Waals surface area contributed by atoms with Gasteiger partial charge in [-0.1, -0.05) is 19.8 Å². The first-order valence-corrected chi connectivity index (χ1v) is 6.07. The first-order chi connectivity index (χ1) is 7.22. The molecule has 0 aromatic heterocycles. The van der Waals surface area contributed by atoms with Crippen LogP contribution in [0.25, 0.3) is 0 Å². The molecule has 0 spiro atoms. The van der Waals surface area contributed by atoms with Crippen LogP contribution in [0.2, 0.25) is 0 Å². The second-order valence-corrected chi connectivity index (χ2v) is 4.47. The van der Waals surface area contributed by atoms with E-state index >= 15 is 0 Å². The van der Waals surface area contributed by atoms with Crippen LogP contribution in [0.3, 0.4) is 0 Å². The summed E-state index contributed by atoms with van der Waals surface area (Å²) >= 11 is 0. The number of rotatable bonds is 6. The monoisotopic (exact) mass is 213 g/mol. The highest BCUT2D eigenvalue weighted by Crippen LogP contribution is 2.40. The molecule has 3 nitrogen and oxygen atoms in total. The van der Waals surface area contributed by atoms with Crippen molar-refractivity contribution in [3.63, 3.8) is 0 Å². The molecule has 1 saturated carbocycles. The average molecular weight is 213 g/mol. The van der Waals surface area contributed by atoms with Gasteiger partial charge in [0.05, 0.1) is 0 Å². The Kier molecular flexibility index (Phi) is 5.09. The van der Waals surface area contributed by atoms with Crippen molar-refractivity contribution in [3.05, 3.63) is 0 Å². The summed E-state index contributed by atoms with van der Waals surface area (Å²) < 4.78 is 5.07. The summed E-state index contributed by atoms with van der Waals surface area (Å²) in [6.45, 7) is 5.76. The number of hydrogen-bond donors (Lipinski definition) is 1. The predicted octanol–water partition coefficient (Wildman–Crippen LogP) is 2.11. The fourth-order valence-electron chi connectivity index (χ4n) is 2.31. The number of carbonyl (C=O) groups is 1. The van der Waals surface area contributed by atoms with Gasteiger partial charge < -0.3 is 10.1 Å². The first kappa shape index (κ1) is 12.5. The standard InChI is InChI=1S/C12H23NO2/c1-3-12(7-5-6-8-12)10-13-11(14)9-15-4-2/h3-10H2,1-2H3,(H,13,14). The molecule has 1 aliphatic rings. The quantitative estimate of drug-likeness (QED) is 0.734. The minimum absolute atomic E-state index is 0.0246. The van der Waals surface area contributed by atoms with Crippen LogP contribution in [0, 0.1) is 5.41 Å². The van der Waals surface area contributed by atoms with Crippen LogP contribution in [0.5, 0.6) is 0 Å². The van der Waals surface area contributed by atoms with Crippen LogP contribution < -0.4 is 5.32 Å². The van der Waals surface area contributed by atoms with Gasteiger partial charge in [0.25, 0.3) is 0 Å². The van der Waals surface area contributed by atoms with Gasteiger partial charge in [0.1, 0.15) is 6.61 Å². The summed E-state index contributed by atoms with van der Waals surface area (Å²) in [5.74, 6) is 0.0246. The van der Waals surface area contributed by atoms with E-state index in [-0.39, 0.29) is 12.5 Å². The lowest BCUT2D eigenvalue weighted by Gasteiger charge is -2.27. The second-order valence-electron chi connectivity index (χ2n) is 4.47. The zero-order valence-electron chi connectivity index (χ0n) is 9.97. The van der Waals surface area contributed by atoms with Crippen molar-refractivity contribution in [1.29, 1.82) is 0 Å². The summed E-state index contributed by atoms with van der Waals surface area (Å²) in [4.78, 5) is 11.4. The van der Waals surface area contributed by atoms with Crippen molar-refractivity contribution in [1.82, 2.24) is 5.32 Å². The Labute approximate surface area is 92.6 Å². The van der Waals surface area contributed by atoms with Gasteiger partial charge in [-0.05, 0) is 31.6 Å². The molecule has 0 atom stereocenters. The van der Waals surface area contributed by atoms with E-state index in [9.17, 15) is 4.79 Å². The molecule has 88 valence electrons. The maximum absolute atomic E-state index is 11.4. The van der Waals surface area contributed by atoms with Gasteiger partial charge in [0, 0.05) is 13.2 Å². The number of nitrogens with one attached hydrogen (secondary N) is 1. The Hall–Kier alpha value is -0.570. The molecule has 0 unspecified atom stereocenters. The third-order valence-corrected chi connectivity index (χ3v) is 3.51. The van der Waals surface area contributed by atoms with Crippen molar-refractivity contribution in [3.8, 4) is 0 Å². The van der Waals surface area contributed by atoms with Crippen LogP contribution in [0.1, 0.15) is 46.0 Å². The highest BCUT2D eigenvalue weighted by molar-refractivity contribution is 5.77. The molecular weight excluding hydrogens is 190 g/mol. The Morgan fingerprint density at radius 2 is 2.00 bits per heavy atom. The van der Waals surface area contributed by atoms with E-state index in [0.717, 1.165) is 6.54 Å². The molecule has 0 aromatic rings. The molecule has 1 rings (SSSR count). The Morgan fingerprint density at radius 1 is 1.33 bits per heavy atom. The molecule has 1 amide bonds. The van der Waals surface area contributed by atoms with Crippen LogP contribution in [-0.2, 0) is 9.53 Å².